The number of esters is 1. The summed E-state index contributed by atoms with van der Waals surface area (Å²) in [4.78, 5) is 26.4. The van der Waals surface area contributed by atoms with Crippen molar-refractivity contribution in [3.63, 3.8) is 0 Å². The molecule has 108 valence electrons. The molecule has 2 N–H and O–H groups in total. The van der Waals surface area contributed by atoms with Crippen LogP contribution in [0.3, 0.4) is 0 Å². The van der Waals surface area contributed by atoms with E-state index in [0.717, 1.165) is 25.0 Å². The Labute approximate surface area is 118 Å². The molecular weight excluding hydrogens is 264 g/mol. The summed E-state index contributed by atoms with van der Waals surface area (Å²) in [6.07, 6.45) is 2.75. The van der Waals surface area contributed by atoms with Crippen molar-refractivity contribution < 1.29 is 14.3 Å². The Bertz CT molecular complexity index is 352. The average molecular weight is 286 g/mol. The van der Waals surface area contributed by atoms with Crippen LogP contribution in [0.25, 0.3) is 0 Å². The van der Waals surface area contributed by atoms with Gasteiger partial charge in [0.05, 0.1) is 12.0 Å². The first kappa shape index (κ1) is 14.7. The van der Waals surface area contributed by atoms with E-state index in [1.807, 2.05) is 0 Å². The maximum Gasteiger partial charge on any atom is 0.329 e. The third-order valence-electron chi connectivity index (χ3n) is 4.10. The first-order chi connectivity index (χ1) is 9.14. The zero-order valence-electron chi connectivity index (χ0n) is 11.4. The summed E-state index contributed by atoms with van der Waals surface area (Å²) in [5.74, 6) is 1.28. The molecule has 0 spiro atoms. The second-order valence-corrected chi connectivity index (χ2v) is 6.33. The fourth-order valence-corrected chi connectivity index (χ4v) is 3.73. The second kappa shape index (κ2) is 6.13. The van der Waals surface area contributed by atoms with Gasteiger partial charge < -0.3 is 15.4 Å². The number of ether oxygens (including phenoxy) is 1. The Hall–Kier alpha value is -0.750. The summed E-state index contributed by atoms with van der Waals surface area (Å²) >= 11 is 1.70. The molecule has 0 aromatic heterocycles. The van der Waals surface area contributed by atoms with E-state index in [2.05, 4.69) is 0 Å². The smallest absolute Gasteiger partial charge is 0.329 e. The van der Waals surface area contributed by atoms with Gasteiger partial charge in [0, 0.05) is 24.6 Å². The number of carbonyl (C=O) groups is 2. The van der Waals surface area contributed by atoms with Gasteiger partial charge >= 0.3 is 5.97 Å². The molecule has 2 fully saturated rings. The van der Waals surface area contributed by atoms with Crippen LogP contribution in [-0.4, -0.2) is 54.0 Å². The Morgan fingerprint density at radius 3 is 2.74 bits per heavy atom. The minimum atomic E-state index is -0.435. The molecule has 0 aromatic carbocycles. The predicted molar refractivity (Wildman–Crippen MR) is 74.8 cm³/mol. The van der Waals surface area contributed by atoms with Crippen LogP contribution in [0.15, 0.2) is 0 Å². The lowest BCUT2D eigenvalue weighted by Crippen LogP contribution is -2.59. The van der Waals surface area contributed by atoms with Gasteiger partial charge in [0.15, 0.2) is 0 Å². The summed E-state index contributed by atoms with van der Waals surface area (Å²) in [5.41, 5.74) is 5.38. The van der Waals surface area contributed by atoms with Crippen molar-refractivity contribution in [1.29, 1.82) is 0 Å². The summed E-state index contributed by atoms with van der Waals surface area (Å²) in [7, 11) is 0. The van der Waals surface area contributed by atoms with Crippen LogP contribution >= 0.6 is 11.8 Å². The minimum absolute atomic E-state index is 0.0552. The highest BCUT2D eigenvalue weighted by Gasteiger charge is 2.48. The molecule has 19 heavy (non-hydrogen) atoms. The van der Waals surface area contributed by atoms with Crippen LogP contribution in [0.4, 0.5) is 0 Å². The largest absolute Gasteiger partial charge is 0.464 e. The van der Waals surface area contributed by atoms with E-state index in [1.165, 1.54) is 0 Å². The third-order valence-corrected chi connectivity index (χ3v) is 5.13. The second-order valence-electron chi connectivity index (χ2n) is 5.18. The quantitative estimate of drug-likeness (QED) is 0.767. The highest BCUT2D eigenvalue weighted by atomic mass is 32.2. The molecule has 1 heterocycles. The maximum atomic E-state index is 12.7. The van der Waals surface area contributed by atoms with Crippen LogP contribution in [0, 0.1) is 5.41 Å². The minimum Gasteiger partial charge on any atom is -0.464 e. The van der Waals surface area contributed by atoms with E-state index in [9.17, 15) is 9.59 Å². The van der Waals surface area contributed by atoms with Crippen molar-refractivity contribution in [3.8, 4) is 0 Å². The molecule has 1 amide bonds. The Balaban J connectivity index is 2.10. The molecule has 0 aromatic rings. The fraction of sp³-hybridized carbons (Fsp3) is 0.846. The SMILES string of the molecule is CCOC(=O)C1CSCCN1C(=O)C1(CN)CCC1. The first-order valence-corrected chi connectivity index (χ1v) is 8.05. The van der Waals surface area contributed by atoms with Gasteiger partial charge in [0.1, 0.15) is 6.04 Å². The Morgan fingerprint density at radius 1 is 1.47 bits per heavy atom. The van der Waals surface area contributed by atoms with Crippen molar-refractivity contribution in [2.45, 2.75) is 32.2 Å². The normalized spacial score (nSPS) is 25.6. The molecule has 0 radical (unpaired) electrons. The maximum absolute atomic E-state index is 12.7. The molecule has 2 aliphatic rings. The van der Waals surface area contributed by atoms with Gasteiger partial charge in [-0.2, -0.15) is 11.8 Å². The molecule has 2 rings (SSSR count). The van der Waals surface area contributed by atoms with E-state index in [1.54, 1.807) is 23.6 Å². The lowest BCUT2D eigenvalue weighted by Gasteiger charge is -2.45. The van der Waals surface area contributed by atoms with Gasteiger partial charge in [-0.3, -0.25) is 4.79 Å². The number of hydrogen-bond acceptors (Lipinski definition) is 5. The van der Waals surface area contributed by atoms with Crippen LogP contribution in [-0.2, 0) is 14.3 Å². The van der Waals surface area contributed by atoms with E-state index in [-0.39, 0.29) is 11.9 Å². The number of amides is 1. The zero-order chi connectivity index (χ0) is 13.9. The third kappa shape index (κ3) is 2.74. The Morgan fingerprint density at radius 2 is 2.21 bits per heavy atom. The van der Waals surface area contributed by atoms with Crippen LogP contribution in [0.5, 0.6) is 0 Å². The predicted octanol–water partition coefficient (Wildman–Crippen LogP) is 0.623. The van der Waals surface area contributed by atoms with Gasteiger partial charge in [-0.1, -0.05) is 6.42 Å². The van der Waals surface area contributed by atoms with Crippen molar-refractivity contribution in [3.05, 3.63) is 0 Å². The monoisotopic (exact) mass is 286 g/mol. The number of hydrogen-bond donors (Lipinski definition) is 1. The summed E-state index contributed by atoms with van der Waals surface area (Å²) in [5, 5.41) is 0. The lowest BCUT2D eigenvalue weighted by atomic mass is 9.67. The molecule has 1 aliphatic heterocycles. The summed E-state index contributed by atoms with van der Waals surface area (Å²) in [6, 6.07) is -0.435. The molecule has 1 aliphatic carbocycles. The molecular formula is C13H22N2O3S. The fourth-order valence-electron chi connectivity index (χ4n) is 2.69. The van der Waals surface area contributed by atoms with Gasteiger partial charge in [-0.15, -0.1) is 0 Å². The number of carbonyl (C=O) groups excluding carboxylic acids is 2. The van der Waals surface area contributed by atoms with E-state index in [0.29, 0.717) is 25.4 Å². The number of rotatable bonds is 4. The van der Waals surface area contributed by atoms with Crippen LogP contribution in [0.2, 0.25) is 0 Å². The van der Waals surface area contributed by atoms with E-state index < -0.39 is 11.5 Å². The van der Waals surface area contributed by atoms with Gasteiger partial charge in [0.25, 0.3) is 0 Å². The summed E-state index contributed by atoms with van der Waals surface area (Å²) < 4.78 is 5.08. The van der Waals surface area contributed by atoms with Gasteiger partial charge in [-0.05, 0) is 19.8 Å². The number of thioether (sulfide) groups is 1. The highest BCUT2D eigenvalue weighted by molar-refractivity contribution is 7.99. The van der Waals surface area contributed by atoms with E-state index >= 15 is 0 Å². The van der Waals surface area contributed by atoms with Crippen LogP contribution in [0.1, 0.15) is 26.2 Å². The van der Waals surface area contributed by atoms with Gasteiger partial charge in [0.2, 0.25) is 5.91 Å². The van der Waals surface area contributed by atoms with Crippen LogP contribution < -0.4 is 5.73 Å². The molecule has 1 atom stereocenters. The highest BCUT2D eigenvalue weighted by Crippen LogP contribution is 2.42. The van der Waals surface area contributed by atoms with Crippen molar-refractivity contribution in [2.24, 2.45) is 11.1 Å². The standard InChI is InChI=1S/C13H22N2O3S/c1-2-18-11(16)10-8-19-7-6-15(10)12(17)13(9-14)4-3-5-13/h10H,2-9,14H2,1H3. The molecule has 5 nitrogen and oxygen atoms in total. The molecule has 0 bridgehead atoms. The topological polar surface area (TPSA) is 72.6 Å². The average Bonchev–Trinajstić information content (AvgIpc) is 2.38. The molecule has 1 saturated carbocycles. The zero-order valence-corrected chi connectivity index (χ0v) is 12.2. The summed E-state index contributed by atoms with van der Waals surface area (Å²) in [6.45, 7) is 3.14. The first-order valence-electron chi connectivity index (χ1n) is 6.90. The van der Waals surface area contributed by atoms with Gasteiger partial charge in [-0.25, -0.2) is 4.79 Å². The molecule has 6 heteroatoms. The van der Waals surface area contributed by atoms with Crippen molar-refractivity contribution in [2.75, 3.05) is 31.2 Å². The molecule has 1 unspecified atom stereocenters. The lowest BCUT2D eigenvalue weighted by molar-refractivity contribution is -0.160. The number of nitrogens with two attached hydrogens (primary N) is 1. The number of nitrogens with zero attached hydrogens (tertiary/aromatic N) is 1. The molecule has 1 saturated heterocycles. The van der Waals surface area contributed by atoms with E-state index in [4.69, 9.17) is 10.5 Å². The Kier molecular flexibility index (Phi) is 4.73. The van der Waals surface area contributed by atoms with Crippen molar-refractivity contribution in [1.82, 2.24) is 4.90 Å². The van der Waals surface area contributed by atoms with Crippen molar-refractivity contribution >= 4 is 23.6 Å².